The molecule has 1 aliphatic heterocycles. The van der Waals surface area contributed by atoms with Gasteiger partial charge in [-0.15, -0.1) is 0 Å². The fourth-order valence-electron chi connectivity index (χ4n) is 4.97. The summed E-state index contributed by atoms with van der Waals surface area (Å²) in [6.45, 7) is 9.45. The third-order valence-corrected chi connectivity index (χ3v) is 7.38. The third kappa shape index (κ3) is 6.33. The Morgan fingerprint density at radius 3 is 2.29 bits per heavy atom. The molecule has 3 aromatic rings. The first-order valence-electron chi connectivity index (χ1n) is 13.5. The molecule has 2 heterocycles. The van der Waals surface area contributed by atoms with Crippen LogP contribution < -0.4 is 11.1 Å². The van der Waals surface area contributed by atoms with Crippen LogP contribution in [-0.4, -0.2) is 39.4 Å². The minimum Gasteiger partial charge on any atom is -0.383 e. The van der Waals surface area contributed by atoms with Gasteiger partial charge in [0.2, 0.25) is 5.91 Å². The lowest BCUT2D eigenvalue weighted by atomic mass is 9.72. The van der Waals surface area contributed by atoms with E-state index in [0.29, 0.717) is 35.9 Å². The summed E-state index contributed by atoms with van der Waals surface area (Å²) < 4.78 is 1.79. The lowest BCUT2D eigenvalue weighted by Gasteiger charge is -2.33. The molecule has 1 aromatic heterocycles. The Hall–Kier alpha value is -3.87. The zero-order chi connectivity index (χ0) is 27.3. The monoisotopic (exact) mass is 512 g/mol. The highest BCUT2D eigenvalue weighted by Crippen LogP contribution is 2.39. The number of aromatic nitrogens is 2. The largest absolute Gasteiger partial charge is 0.383 e. The highest BCUT2D eigenvalue weighted by molar-refractivity contribution is 6.05. The number of anilines is 3. The van der Waals surface area contributed by atoms with Gasteiger partial charge in [-0.05, 0) is 68.9 Å². The van der Waals surface area contributed by atoms with E-state index in [1.54, 1.807) is 23.8 Å². The fraction of sp³-hybridized carbons (Fsp3) is 0.387. The Morgan fingerprint density at radius 2 is 1.74 bits per heavy atom. The van der Waals surface area contributed by atoms with E-state index in [0.717, 1.165) is 28.8 Å². The van der Waals surface area contributed by atoms with Crippen LogP contribution in [0, 0.1) is 10.8 Å². The average molecular weight is 513 g/mol. The Bertz CT molecular complexity index is 1280. The molecule has 1 saturated heterocycles. The molecule has 38 heavy (non-hydrogen) atoms. The molecule has 0 bridgehead atoms. The third-order valence-electron chi connectivity index (χ3n) is 7.38. The number of rotatable bonds is 6. The van der Waals surface area contributed by atoms with E-state index in [4.69, 9.17) is 16.2 Å². The van der Waals surface area contributed by atoms with Gasteiger partial charge >= 0.3 is 0 Å². The van der Waals surface area contributed by atoms with Gasteiger partial charge in [0.1, 0.15) is 11.5 Å². The SMILES string of the molecule is C/C=C/C(=O)N1CCC(n2nc(-c3ccc(Nc4ccccc4)cc3)c(C(C)=N)c2N)C1.CC1(C)CCC1. The second-order valence-electron chi connectivity index (χ2n) is 11.0. The normalized spacial score (nSPS) is 18.0. The average Bonchev–Trinajstić information content (AvgIpc) is 3.50. The summed E-state index contributed by atoms with van der Waals surface area (Å²) in [6, 6.07) is 17.9. The van der Waals surface area contributed by atoms with E-state index in [1.807, 2.05) is 66.4 Å². The van der Waals surface area contributed by atoms with Gasteiger partial charge in [-0.1, -0.05) is 56.7 Å². The molecule has 2 fully saturated rings. The van der Waals surface area contributed by atoms with Gasteiger partial charge in [0, 0.05) is 35.7 Å². The molecule has 7 nitrogen and oxygen atoms in total. The van der Waals surface area contributed by atoms with E-state index < -0.39 is 0 Å². The summed E-state index contributed by atoms with van der Waals surface area (Å²) in [7, 11) is 0. The van der Waals surface area contributed by atoms with Crippen molar-refractivity contribution in [2.24, 2.45) is 5.41 Å². The van der Waals surface area contributed by atoms with Crippen molar-refractivity contribution in [3.05, 3.63) is 72.3 Å². The smallest absolute Gasteiger partial charge is 0.246 e. The number of likely N-dealkylation sites (tertiary alicyclic amines) is 1. The lowest BCUT2D eigenvalue weighted by Crippen LogP contribution is -2.27. The molecule has 5 rings (SSSR count). The van der Waals surface area contributed by atoms with Gasteiger partial charge in [-0.2, -0.15) is 5.10 Å². The summed E-state index contributed by atoms with van der Waals surface area (Å²) in [5, 5.41) is 16.5. The number of carbonyl (C=O) groups is 1. The maximum Gasteiger partial charge on any atom is 0.246 e. The Labute approximate surface area is 226 Å². The van der Waals surface area contributed by atoms with Crippen LogP contribution in [0.3, 0.4) is 0 Å². The first kappa shape index (κ1) is 27.2. The molecule has 1 unspecified atom stereocenters. The molecular weight excluding hydrogens is 472 g/mol. The van der Waals surface area contributed by atoms with E-state index in [9.17, 15) is 4.79 Å². The number of nitrogens with zero attached hydrogens (tertiary/aromatic N) is 3. The zero-order valence-electron chi connectivity index (χ0n) is 23.0. The number of hydrogen-bond acceptors (Lipinski definition) is 5. The number of para-hydroxylation sites is 1. The van der Waals surface area contributed by atoms with Crippen LogP contribution in [0.5, 0.6) is 0 Å². The molecule has 2 aliphatic rings. The maximum atomic E-state index is 12.2. The Balaban J connectivity index is 0.000000494. The van der Waals surface area contributed by atoms with Crippen molar-refractivity contribution in [1.82, 2.24) is 14.7 Å². The Morgan fingerprint density at radius 1 is 1.11 bits per heavy atom. The molecule has 1 saturated carbocycles. The van der Waals surface area contributed by atoms with Crippen molar-refractivity contribution in [2.45, 2.75) is 59.4 Å². The number of nitrogens with two attached hydrogens (primary N) is 1. The Kier molecular flexibility index (Phi) is 8.35. The van der Waals surface area contributed by atoms with Gasteiger partial charge in [-0.25, -0.2) is 4.68 Å². The molecule has 200 valence electrons. The predicted molar refractivity (Wildman–Crippen MR) is 157 cm³/mol. The van der Waals surface area contributed by atoms with Crippen molar-refractivity contribution in [1.29, 1.82) is 5.41 Å². The van der Waals surface area contributed by atoms with Crippen molar-refractivity contribution >= 4 is 28.8 Å². The topological polar surface area (TPSA) is 100 Å². The predicted octanol–water partition coefficient (Wildman–Crippen LogP) is 6.81. The second kappa shape index (κ2) is 11.7. The number of nitrogen functional groups attached to an aromatic ring is 1. The standard InChI is InChI=1S/C25H28N6O.C6H12/c1-3-7-22(32)30-15-14-21(16-30)31-25(27)23(17(2)26)24(29-31)18-10-12-20(13-11-18)28-19-8-5-4-6-9-19;1-6(2)4-3-5-6/h3-13,21,26,28H,14-16,27H2,1-2H3;3-5H2,1-2H3/b7-3+,26-17?;. The van der Waals surface area contributed by atoms with Crippen LogP contribution in [0.1, 0.15) is 65.0 Å². The van der Waals surface area contributed by atoms with Crippen LogP contribution in [-0.2, 0) is 4.79 Å². The molecule has 1 aliphatic carbocycles. The van der Waals surface area contributed by atoms with Crippen LogP contribution in [0.15, 0.2) is 66.7 Å². The van der Waals surface area contributed by atoms with Gasteiger partial charge in [0.15, 0.2) is 0 Å². The van der Waals surface area contributed by atoms with Crippen LogP contribution >= 0.6 is 0 Å². The van der Waals surface area contributed by atoms with Gasteiger partial charge in [-0.3, -0.25) is 4.79 Å². The van der Waals surface area contributed by atoms with Crippen LogP contribution in [0.4, 0.5) is 17.2 Å². The number of allylic oxidation sites excluding steroid dienone is 1. The van der Waals surface area contributed by atoms with E-state index >= 15 is 0 Å². The number of hydrogen-bond donors (Lipinski definition) is 3. The molecule has 1 atom stereocenters. The molecule has 0 radical (unpaired) electrons. The highest BCUT2D eigenvalue weighted by Gasteiger charge is 2.30. The highest BCUT2D eigenvalue weighted by atomic mass is 16.2. The molecule has 4 N–H and O–H groups in total. The van der Waals surface area contributed by atoms with Crippen LogP contribution in [0.25, 0.3) is 11.3 Å². The van der Waals surface area contributed by atoms with E-state index in [-0.39, 0.29) is 11.9 Å². The molecule has 1 amide bonds. The number of nitrogens with one attached hydrogen (secondary N) is 2. The van der Waals surface area contributed by atoms with E-state index in [1.165, 1.54) is 19.3 Å². The van der Waals surface area contributed by atoms with Gasteiger partial charge < -0.3 is 21.4 Å². The van der Waals surface area contributed by atoms with E-state index in [2.05, 4.69) is 19.2 Å². The minimum absolute atomic E-state index is 0.00456. The summed E-state index contributed by atoms with van der Waals surface area (Å²) in [5.74, 6) is 0.482. The summed E-state index contributed by atoms with van der Waals surface area (Å²) in [6.07, 6.45) is 8.49. The van der Waals surface area contributed by atoms with Crippen molar-refractivity contribution in [2.75, 3.05) is 24.1 Å². The number of amides is 1. The maximum absolute atomic E-state index is 12.2. The number of carbonyl (C=O) groups excluding carboxylic acids is 1. The zero-order valence-corrected chi connectivity index (χ0v) is 23.0. The summed E-state index contributed by atoms with van der Waals surface area (Å²) >= 11 is 0. The first-order chi connectivity index (χ1) is 18.2. The second-order valence-corrected chi connectivity index (χ2v) is 11.0. The lowest BCUT2D eigenvalue weighted by molar-refractivity contribution is -0.125. The summed E-state index contributed by atoms with van der Waals surface area (Å²) in [5.41, 5.74) is 11.8. The van der Waals surface area contributed by atoms with Gasteiger partial charge in [0.25, 0.3) is 0 Å². The quantitative estimate of drug-likeness (QED) is 0.249. The molecule has 2 aromatic carbocycles. The van der Waals surface area contributed by atoms with Crippen LogP contribution in [0.2, 0.25) is 0 Å². The molecule has 7 heteroatoms. The fourth-order valence-corrected chi connectivity index (χ4v) is 4.97. The molecule has 0 spiro atoms. The van der Waals surface area contributed by atoms with Crippen molar-refractivity contribution < 1.29 is 4.79 Å². The van der Waals surface area contributed by atoms with Crippen molar-refractivity contribution in [3.8, 4) is 11.3 Å². The van der Waals surface area contributed by atoms with Crippen molar-refractivity contribution in [3.63, 3.8) is 0 Å². The van der Waals surface area contributed by atoms with Gasteiger partial charge in [0.05, 0.1) is 11.6 Å². The molecular formula is C31H40N6O. The first-order valence-corrected chi connectivity index (χ1v) is 13.5. The number of benzene rings is 2. The summed E-state index contributed by atoms with van der Waals surface area (Å²) in [4.78, 5) is 14.0. The minimum atomic E-state index is -0.00456.